The molecule has 1 N–H and O–H groups in total. The van der Waals surface area contributed by atoms with Crippen LogP contribution >= 0.6 is 0 Å². The summed E-state index contributed by atoms with van der Waals surface area (Å²) in [6.45, 7) is 0.497. The van der Waals surface area contributed by atoms with Crippen molar-refractivity contribution in [2.24, 2.45) is 0 Å². The van der Waals surface area contributed by atoms with E-state index >= 15 is 0 Å². The summed E-state index contributed by atoms with van der Waals surface area (Å²) in [6, 6.07) is 19.4. The summed E-state index contributed by atoms with van der Waals surface area (Å²) in [6.07, 6.45) is -1.34. The van der Waals surface area contributed by atoms with Gasteiger partial charge in [-0.15, -0.1) is 0 Å². The minimum absolute atomic E-state index is 0.0405. The Bertz CT molecular complexity index is 695. The Morgan fingerprint density at radius 2 is 1.65 bits per heavy atom. The molecule has 3 rings (SSSR count). The molecule has 26 heavy (non-hydrogen) atoms. The minimum atomic E-state index is -1.06. The van der Waals surface area contributed by atoms with Gasteiger partial charge < -0.3 is 19.5 Å². The molecule has 1 amide bonds. The molecule has 0 radical (unpaired) electrons. The van der Waals surface area contributed by atoms with Gasteiger partial charge in [0.2, 0.25) is 5.91 Å². The van der Waals surface area contributed by atoms with Crippen LogP contribution in [0.1, 0.15) is 17.2 Å². The number of carboxylic acid groups (broad SMARTS) is 1. The molecule has 0 bridgehead atoms. The van der Waals surface area contributed by atoms with E-state index in [4.69, 9.17) is 14.6 Å². The summed E-state index contributed by atoms with van der Waals surface area (Å²) in [5, 5.41) is 9.06. The smallest absolute Gasteiger partial charge is 0.334 e. The predicted octanol–water partition coefficient (Wildman–Crippen LogP) is 2.10. The van der Waals surface area contributed by atoms with Gasteiger partial charge in [0.05, 0.1) is 13.2 Å². The fraction of sp³-hybridized carbons (Fsp3) is 0.300. The van der Waals surface area contributed by atoms with E-state index in [2.05, 4.69) is 0 Å². The molecule has 1 unspecified atom stereocenters. The van der Waals surface area contributed by atoms with Crippen LogP contribution in [0.15, 0.2) is 60.7 Å². The number of benzene rings is 2. The zero-order valence-electron chi connectivity index (χ0n) is 14.3. The number of hydrogen-bond donors (Lipinski definition) is 1. The Morgan fingerprint density at radius 1 is 1.08 bits per heavy atom. The first-order chi connectivity index (χ1) is 12.6. The molecule has 0 saturated carbocycles. The second kappa shape index (κ2) is 8.60. The standard InChI is InChI=1S/C20H21NO5/c22-18(21-11-12-25-17(13-21)20(23)24)14-26-19(15-7-3-1-4-8-15)16-9-5-2-6-10-16/h1-10,17,19H,11-14H2,(H,23,24). The number of rotatable bonds is 6. The Labute approximate surface area is 152 Å². The normalized spacial score (nSPS) is 17.3. The molecule has 6 heteroatoms. The van der Waals surface area contributed by atoms with Crippen LogP contribution in [0.4, 0.5) is 0 Å². The maximum absolute atomic E-state index is 12.5. The number of nitrogens with zero attached hydrogens (tertiary/aromatic N) is 1. The number of carbonyl (C=O) groups excluding carboxylic acids is 1. The summed E-state index contributed by atoms with van der Waals surface area (Å²) < 4.78 is 11.1. The lowest BCUT2D eigenvalue weighted by atomic mass is 10.0. The lowest BCUT2D eigenvalue weighted by molar-refractivity contribution is -0.161. The number of aliphatic carboxylic acids is 1. The highest BCUT2D eigenvalue weighted by Gasteiger charge is 2.29. The van der Waals surface area contributed by atoms with Crippen LogP contribution in [-0.4, -0.2) is 54.3 Å². The van der Waals surface area contributed by atoms with Crippen molar-refractivity contribution in [1.29, 1.82) is 0 Å². The van der Waals surface area contributed by atoms with Gasteiger partial charge in [-0.3, -0.25) is 4.79 Å². The van der Waals surface area contributed by atoms with E-state index in [0.29, 0.717) is 6.54 Å². The third-order valence-corrected chi connectivity index (χ3v) is 4.27. The van der Waals surface area contributed by atoms with Crippen LogP contribution in [-0.2, 0) is 19.1 Å². The van der Waals surface area contributed by atoms with Gasteiger partial charge in [-0.2, -0.15) is 0 Å². The van der Waals surface area contributed by atoms with E-state index in [1.807, 2.05) is 60.7 Å². The molecule has 2 aromatic carbocycles. The zero-order chi connectivity index (χ0) is 18.4. The SMILES string of the molecule is O=C(O)C1CN(C(=O)COC(c2ccccc2)c2ccccc2)CCO1. The maximum atomic E-state index is 12.5. The van der Waals surface area contributed by atoms with E-state index in [1.54, 1.807) is 0 Å². The summed E-state index contributed by atoms with van der Waals surface area (Å²) >= 11 is 0. The topological polar surface area (TPSA) is 76.1 Å². The second-order valence-electron chi connectivity index (χ2n) is 6.05. The average Bonchev–Trinajstić information content (AvgIpc) is 2.69. The van der Waals surface area contributed by atoms with Gasteiger partial charge in [-0.25, -0.2) is 4.79 Å². The number of hydrogen-bond acceptors (Lipinski definition) is 4. The third-order valence-electron chi connectivity index (χ3n) is 4.27. The van der Waals surface area contributed by atoms with Crippen molar-refractivity contribution < 1.29 is 24.2 Å². The molecule has 1 saturated heterocycles. The molecule has 1 aliphatic rings. The molecule has 136 valence electrons. The summed E-state index contributed by atoms with van der Waals surface area (Å²) in [7, 11) is 0. The minimum Gasteiger partial charge on any atom is -0.479 e. The van der Waals surface area contributed by atoms with E-state index in [-0.39, 0.29) is 31.8 Å². The van der Waals surface area contributed by atoms with E-state index in [0.717, 1.165) is 11.1 Å². The molecule has 1 fully saturated rings. The molecule has 1 atom stereocenters. The highest BCUT2D eigenvalue weighted by molar-refractivity contribution is 5.79. The molecule has 2 aromatic rings. The molecule has 1 aliphatic heterocycles. The van der Waals surface area contributed by atoms with Crippen molar-refractivity contribution in [3.05, 3.63) is 71.8 Å². The van der Waals surface area contributed by atoms with Gasteiger partial charge in [0.25, 0.3) is 0 Å². The number of amides is 1. The number of morpholine rings is 1. The molecular formula is C20H21NO5. The maximum Gasteiger partial charge on any atom is 0.334 e. The fourth-order valence-corrected chi connectivity index (χ4v) is 2.91. The molecule has 0 spiro atoms. The number of ether oxygens (including phenoxy) is 2. The van der Waals surface area contributed by atoms with Crippen LogP contribution in [0.2, 0.25) is 0 Å². The molecule has 1 heterocycles. The summed E-state index contributed by atoms with van der Waals surface area (Å²) in [5.74, 6) is -1.30. The average molecular weight is 355 g/mol. The van der Waals surface area contributed by atoms with Gasteiger partial charge >= 0.3 is 5.97 Å². The fourth-order valence-electron chi connectivity index (χ4n) is 2.91. The van der Waals surface area contributed by atoms with Crippen molar-refractivity contribution in [3.8, 4) is 0 Å². The van der Waals surface area contributed by atoms with Gasteiger partial charge in [-0.05, 0) is 11.1 Å². The van der Waals surface area contributed by atoms with Crippen LogP contribution < -0.4 is 0 Å². The van der Waals surface area contributed by atoms with Crippen molar-refractivity contribution in [3.63, 3.8) is 0 Å². The molecule has 6 nitrogen and oxygen atoms in total. The van der Waals surface area contributed by atoms with Crippen LogP contribution in [0.3, 0.4) is 0 Å². The Kier molecular flexibility index (Phi) is 5.99. The van der Waals surface area contributed by atoms with E-state index in [1.165, 1.54) is 4.90 Å². The largest absolute Gasteiger partial charge is 0.479 e. The van der Waals surface area contributed by atoms with Crippen LogP contribution in [0, 0.1) is 0 Å². The van der Waals surface area contributed by atoms with Gasteiger partial charge in [-0.1, -0.05) is 60.7 Å². The molecule has 0 aliphatic carbocycles. The summed E-state index contributed by atoms with van der Waals surface area (Å²) in [5.41, 5.74) is 1.91. The lowest BCUT2D eigenvalue weighted by Gasteiger charge is -2.31. The van der Waals surface area contributed by atoms with Crippen molar-refractivity contribution >= 4 is 11.9 Å². The Hall–Kier alpha value is -2.70. The van der Waals surface area contributed by atoms with E-state index < -0.39 is 12.1 Å². The molecule has 0 aromatic heterocycles. The lowest BCUT2D eigenvalue weighted by Crippen LogP contribution is -2.49. The second-order valence-corrected chi connectivity index (χ2v) is 6.05. The van der Waals surface area contributed by atoms with Crippen molar-refractivity contribution in [2.45, 2.75) is 12.2 Å². The first-order valence-electron chi connectivity index (χ1n) is 8.49. The van der Waals surface area contributed by atoms with E-state index in [9.17, 15) is 9.59 Å². The first kappa shape index (κ1) is 18.1. The van der Waals surface area contributed by atoms with Gasteiger partial charge in [0.15, 0.2) is 6.10 Å². The predicted molar refractivity (Wildman–Crippen MR) is 94.6 cm³/mol. The van der Waals surface area contributed by atoms with Gasteiger partial charge in [0, 0.05) is 6.54 Å². The van der Waals surface area contributed by atoms with Crippen LogP contribution in [0.5, 0.6) is 0 Å². The monoisotopic (exact) mass is 355 g/mol. The van der Waals surface area contributed by atoms with Crippen molar-refractivity contribution in [2.75, 3.05) is 26.3 Å². The van der Waals surface area contributed by atoms with Gasteiger partial charge in [0.1, 0.15) is 12.7 Å². The third kappa shape index (κ3) is 4.47. The Balaban J connectivity index is 1.68. The summed E-state index contributed by atoms with van der Waals surface area (Å²) in [4.78, 5) is 25.0. The number of carbonyl (C=O) groups is 2. The Morgan fingerprint density at radius 3 is 2.19 bits per heavy atom. The zero-order valence-corrected chi connectivity index (χ0v) is 14.3. The molecular weight excluding hydrogens is 334 g/mol. The highest BCUT2D eigenvalue weighted by Crippen LogP contribution is 2.25. The highest BCUT2D eigenvalue weighted by atomic mass is 16.5. The van der Waals surface area contributed by atoms with Crippen molar-refractivity contribution in [1.82, 2.24) is 4.90 Å². The number of carboxylic acids is 1. The first-order valence-corrected chi connectivity index (χ1v) is 8.49. The quantitative estimate of drug-likeness (QED) is 0.859. The van der Waals surface area contributed by atoms with Crippen LogP contribution in [0.25, 0.3) is 0 Å².